The number of phosphoric ester groups is 4. The lowest BCUT2D eigenvalue weighted by atomic mass is 10.1. The van der Waals surface area contributed by atoms with E-state index in [4.69, 9.17) is 87.9 Å². The van der Waals surface area contributed by atoms with Crippen LogP contribution in [0.25, 0.3) is 44.7 Å². The Hall–Kier alpha value is -6.79. The molecule has 0 aromatic carbocycles. The summed E-state index contributed by atoms with van der Waals surface area (Å²) in [5, 5.41) is 91.9. The van der Waals surface area contributed by atoms with Gasteiger partial charge in [-0.05, 0) is 0 Å². The van der Waals surface area contributed by atoms with Crippen LogP contribution in [0.1, 0.15) is 39.8 Å². The number of nitrogens with zero attached hydrogens (tertiary/aromatic N) is 11. The zero-order valence-corrected chi connectivity index (χ0v) is 65.9. The van der Waals surface area contributed by atoms with Gasteiger partial charge in [-0.1, -0.05) is 29.2 Å². The zero-order chi connectivity index (χ0) is 84.9. The second-order valence-electron chi connectivity index (χ2n) is 24.6. The largest absolute Gasteiger partial charge is 0.472 e. The van der Waals surface area contributed by atoms with Crippen molar-refractivity contribution in [3.63, 3.8) is 0 Å². The van der Waals surface area contributed by atoms with E-state index in [2.05, 4.69) is 67.5 Å². The number of aryl methyl sites for hydroxylation is 1. The summed E-state index contributed by atoms with van der Waals surface area (Å²) in [6.45, 7) is -3.88. The Morgan fingerprint density at radius 3 is 1.21 bits per heavy atom. The molecule has 27 N–H and O–H groups in total. The maximum absolute atomic E-state index is 12.4. The molecular weight excluding hydrogens is 1740 g/mol. The fourth-order valence-electron chi connectivity index (χ4n) is 11.3. The zero-order valence-electron chi connectivity index (χ0n) is 59.8. The Kier molecular flexibility index (Phi) is 32.4. The molecule has 0 amide bonds. The number of H-pyrrole nitrogens is 5. The number of nitrogen functional groups attached to an aromatic ring is 4. The number of anilines is 4. The van der Waals surface area contributed by atoms with E-state index in [1.807, 2.05) is 0 Å². The highest BCUT2D eigenvalue weighted by atomic mass is 32.3. The molecule has 0 radical (unpaired) electrons. The summed E-state index contributed by atoms with van der Waals surface area (Å²) in [5.41, 5.74) is 20.0. The van der Waals surface area contributed by atoms with Crippen LogP contribution in [-0.4, -0.2) is 306 Å². The molecule has 12 heterocycles. The number of aliphatic hydroxyl groups is 8. The number of aromatic amines is 5. The van der Waals surface area contributed by atoms with Gasteiger partial charge in [0.15, 0.2) is 47.4 Å². The van der Waals surface area contributed by atoms with Crippen molar-refractivity contribution in [2.75, 3.05) is 113 Å². The number of phosphoric acid groups is 4. The van der Waals surface area contributed by atoms with E-state index in [9.17, 15) is 102 Å². The van der Waals surface area contributed by atoms with Gasteiger partial charge in [-0.15, -0.1) is 0 Å². The lowest BCUT2D eigenvalue weighted by Crippen LogP contribution is -2.46. The molecule has 8 aromatic rings. The van der Waals surface area contributed by atoms with Crippen molar-refractivity contribution in [1.82, 2.24) is 68.5 Å². The van der Waals surface area contributed by atoms with E-state index in [1.54, 1.807) is 7.05 Å². The number of hydrogen-bond donors (Lipinski definition) is 23. The second kappa shape index (κ2) is 39.6. The normalized spacial score (nSPS) is 27.0. The van der Waals surface area contributed by atoms with Crippen molar-refractivity contribution < 1.29 is 170 Å². The second-order valence-corrected chi connectivity index (χ2v) is 35.0. The molecule has 12 rings (SSSR count). The summed E-state index contributed by atoms with van der Waals surface area (Å²) in [6, 6.07) is 0. The van der Waals surface area contributed by atoms with E-state index in [0.29, 0.717) is 0 Å². The van der Waals surface area contributed by atoms with E-state index in [-0.39, 0.29) is 133 Å². The van der Waals surface area contributed by atoms with Gasteiger partial charge in [0.1, 0.15) is 73.2 Å². The Morgan fingerprint density at radius 1 is 0.500 bits per heavy atom. The number of aromatic nitrogens is 16. The highest BCUT2D eigenvalue weighted by molar-refractivity contribution is 8.02. The van der Waals surface area contributed by atoms with Crippen LogP contribution in [0.4, 0.5) is 23.8 Å². The summed E-state index contributed by atoms with van der Waals surface area (Å²) in [6.07, 6.45) is -17.8. The molecule has 4 aliphatic rings. The molecule has 0 spiro atoms. The molecule has 4 unspecified atom stereocenters. The number of fused-ring (bicyclic) bond motifs is 4. The number of hydrogen-bond acceptors (Lipinski definition) is 45. The Bertz CT molecular complexity index is 5140. The number of nitrogens with two attached hydrogens (primary N) is 4. The molecule has 8 aromatic heterocycles. The number of thioether (sulfide) groups is 2. The van der Waals surface area contributed by atoms with E-state index in [0.717, 1.165) is 50.4 Å². The van der Waals surface area contributed by atoms with Crippen molar-refractivity contribution in [1.29, 1.82) is 0 Å². The molecule has 0 aliphatic carbocycles. The van der Waals surface area contributed by atoms with Gasteiger partial charge in [0, 0.05) is 23.0 Å². The van der Waals surface area contributed by atoms with Crippen LogP contribution >= 0.6 is 54.8 Å². The van der Waals surface area contributed by atoms with Crippen molar-refractivity contribution in [3.8, 4) is 0 Å². The molecule has 0 saturated carbocycles. The average Bonchev–Trinajstić information content (AvgIpc) is 1.60. The lowest BCUT2D eigenvalue weighted by molar-refractivity contribution is -0.746. The quantitative estimate of drug-likeness (QED) is 0.00577. The summed E-state index contributed by atoms with van der Waals surface area (Å²) in [7, 11) is -20.5. The van der Waals surface area contributed by atoms with Crippen LogP contribution in [0, 0.1) is 0 Å². The molecule has 4 saturated heterocycles. The van der Waals surface area contributed by atoms with Crippen molar-refractivity contribution in [2.45, 2.75) is 113 Å². The fraction of sp³-hybridized carbons (Fsp3) is 0.623. The number of ether oxygens (including phenoxy) is 4. The number of aliphatic hydroxyl groups excluding tert-OH is 8. The van der Waals surface area contributed by atoms with Crippen LogP contribution < -0.4 is 54.3 Å². The van der Waals surface area contributed by atoms with Crippen molar-refractivity contribution >= 4 is 133 Å². The minimum Gasteiger partial charge on any atom is -0.387 e. The number of nitrogens with one attached hydrogen (secondary N) is 5. The van der Waals surface area contributed by atoms with Crippen molar-refractivity contribution in [3.05, 3.63) is 66.7 Å². The topological polar surface area (TPSA) is 858 Å². The molecular formula is C53H88N20O38P4S3+2. The first-order chi connectivity index (χ1) is 54.5. The van der Waals surface area contributed by atoms with Gasteiger partial charge in [0.2, 0.25) is 35.4 Å². The fourth-order valence-corrected chi connectivity index (χ4v) is 16.2. The molecule has 4 fully saturated rings. The van der Waals surface area contributed by atoms with Gasteiger partial charge < -0.3 is 102 Å². The molecule has 118 heavy (non-hydrogen) atoms. The van der Waals surface area contributed by atoms with E-state index in [1.165, 1.54) is 35.5 Å². The van der Waals surface area contributed by atoms with Gasteiger partial charge in [0.05, 0.1) is 86.8 Å². The maximum Gasteiger partial charge on any atom is 0.472 e. The summed E-state index contributed by atoms with van der Waals surface area (Å²) in [5.74, 6) is -0.389. The third-order valence-electron chi connectivity index (χ3n) is 16.9. The highest BCUT2D eigenvalue weighted by Gasteiger charge is 2.51. The SMILES string of the molecule is C.C.COS(=O)(O)(OC)OO.Cn1c[n+]([C@@H]2O[C@H](COP(=O)(O)OCCSCCOP(=O)(O)OC[C@H]3O[C@@H]([n+]4c[nH]c5c(=O)[nH]c(N)nc54)[C@H](O)[C@@H]3O)[C@@H](O)[C@H]2O)c2nc(N)[nH]c(=O)c21.Nc1nc2c(ncn2[C@@H]2O[C@H](COP(=O)(O)OCCSCCOP(=O)(O)OC[C@H]3O[C@@H](n4cnc5c(=O)[nH]c(N)nc54)[C@H](O)[C@@H]3O)[C@@H](O)[C@H]2O)c(=O)[nH]1. The van der Waals surface area contributed by atoms with Crippen LogP contribution in [0.15, 0.2) is 44.5 Å². The molecule has 0 bridgehead atoms. The molecule has 4 aliphatic heterocycles. The summed E-state index contributed by atoms with van der Waals surface area (Å²) >= 11 is 2.23. The first-order valence-corrected chi connectivity index (χ1v) is 43.0. The molecule has 65 heteroatoms. The molecule has 58 nitrogen and oxygen atoms in total. The van der Waals surface area contributed by atoms with Crippen LogP contribution in [-0.2, 0) is 103 Å². The predicted octanol–water partition coefficient (Wildman–Crippen LogP) is -6.76. The monoisotopic (exact) mass is 1830 g/mol. The van der Waals surface area contributed by atoms with Gasteiger partial charge in [-0.3, -0.25) is 107 Å². The van der Waals surface area contributed by atoms with E-state index >= 15 is 0 Å². The Labute approximate surface area is 668 Å². The number of rotatable bonds is 35. The summed E-state index contributed by atoms with van der Waals surface area (Å²) in [4.78, 5) is 124. The van der Waals surface area contributed by atoms with Gasteiger partial charge in [-0.2, -0.15) is 37.7 Å². The first kappa shape index (κ1) is 96.7. The van der Waals surface area contributed by atoms with Crippen LogP contribution in [0.2, 0.25) is 0 Å². The van der Waals surface area contributed by atoms with Gasteiger partial charge in [-0.25, -0.2) is 42.6 Å². The van der Waals surface area contributed by atoms with Crippen LogP contribution in [0.5, 0.6) is 0 Å². The smallest absolute Gasteiger partial charge is 0.387 e. The van der Waals surface area contributed by atoms with Gasteiger partial charge >= 0.3 is 52.8 Å². The Morgan fingerprint density at radius 2 is 0.839 bits per heavy atom. The average molecular weight is 1830 g/mol. The third-order valence-corrected chi connectivity index (χ3v) is 24.0. The maximum atomic E-state index is 12.4. The molecule has 20 atom stereocenters. The minimum absolute atomic E-state index is 0. The molecule has 664 valence electrons. The van der Waals surface area contributed by atoms with E-state index < -0.39 is 188 Å². The number of imidazole rings is 4. The highest BCUT2D eigenvalue weighted by Crippen LogP contribution is 2.48. The van der Waals surface area contributed by atoms with Crippen molar-refractivity contribution in [2.24, 2.45) is 7.05 Å². The standard InChI is InChI=1S/C25H36N10O16P2S.C24H34N10O16P2S.C2H8O6S.2CH4/c1-33-9-35(19-13(33)21(41)32-25(27)30-19)23-17(39)15(37)11(51-23)7-49-53(44,45)47-3-5-54-4-2-46-52(42,43)48-6-10-14(36)16(38)22(50-10)34-8-28-12-18(34)29-24(26)31-20(12)40;25-23-29-17-11(19(39)31-23)27-7-33(17)21-15(37)13(35)9(49-21)5-47-51(41,42)45-1-3-53-4-2-46-52(43,44)48-6-10-14(36)16(38)22(50-10)34-8-28-12-18(34)30-24(26)32-20(12)40;1-6-9(4,5,7-2)8-3;;/h8-11,14-17,22-23,36-39H,2-7H2,1H3,(H7-,26,27,29,30,31,32,40,41,42,43,44,45);7-10,13-16,21-22,35-38H,1-6H2,(H,41,42)(H,43,44)(H3,25,29,31,39)(H3,26,30,32,40);3H,1-2H3,(H,4,5);2*1H4/p+2/t10-,11-,14-,15-,16-,17-,22-,23-;9-,10-,13-,14-,15-,16-,21-,22-;;;/m11.../s1. The Balaban J connectivity index is 0.000000262. The van der Waals surface area contributed by atoms with Crippen LogP contribution in [0.3, 0.4) is 0 Å². The third kappa shape index (κ3) is 22.9. The lowest BCUT2D eigenvalue weighted by Gasteiger charge is -2.26. The summed E-state index contributed by atoms with van der Waals surface area (Å²) < 4.78 is 148. The minimum atomic E-state index is -5.09. The first-order valence-electron chi connectivity index (χ1n) is 33.0. The van der Waals surface area contributed by atoms with Gasteiger partial charge in [0.25, 0.3) is 34.1 Å². The predicted molar refractivity (Wildman–Crippen MR) is 400 cm³/mol.